The first kappa shape index (κ1) is 22.0. The number of halogens is 4. The van der Waals surface area contributed by atoms with E-state index in [1.165, 1.54) is 35.5 Å². The largest absolute Gasteiger partial charge is 0.452 e. The molecule has 0 radical (unpaired) electrons. The van der Waals surface area contributed by atoms with Crippen LogP contribution in [-0.4, -0.2) is 33.2 Å². The van der Waals surface area contributed by atoms with Crippen molar-refractivity contribution in [3.8, 4) is 5.69 Å². The monoisotopic (exact) mass is 450 g/mol. The third-order valence-electron chi connectivity index (χ3n) is 3.87. The fourth-order valence-corrected chi connectivity index (χ4v) is 2.67. The summed E-state index contributed by atoms with van der Waals surface area (Å²) < 4.78 is 44.4. The first-order chi connectivity index (χ1) is 14.7. The Labute approximate surface area is 179 Å². The number of ether oxygens (including phenoxy) is 1. The lowest BCUT2D eigenvalue weighted by Crippen LogP contribution is -2.21. The van der Waals surface area contributed by atoms with Crippen molar-refractivity contribution in [1.82, 2.24) is 14.8 Å². The van der Waals surface area contributed by atoms with Gasteiger partial charge in [-0.15, -0.1) is 0 Å². The highest BCUT2D eigenvalue weighted by atomic mass is 35.5. The number of anilines is 1. The van der Waals surface area contributed by atoms with Crippen LogP contribution < -0.4 is 5.32 Å². The quantitative estimate of drug-likeness (QED) is 0.450. The number of nitrogens with zero attached hydrogens (tertiary/aromatic N) is 3. The molecule has 31 heavy (non-hydrogen) atoms. The minimum atomic E-state index is -4.49. The Morgan fingerprint density at radius 2 is 2.00 bits per heavy atom. The molecule has 0 aliphatic rings. The van der Waals surface area contributed by atoms with E-state index in [2.05, 4.69) is 15.4 Å². The van der Waals surface area contributed by atoms with Crippen LogP contribution in [0.15, 0.2) is 61.2 Å². The maximum atomic E-state index is 12.7. The summed E-state index contributed by atoms with van der Waals surface area (Å²) in [5.41, 5.74) is 0.129. The molecule has 1 N–H and O–H groups in total. The second-order valence-corrected chi connectivity index (χ2v) is 6.55. The Kier molecular flexibility index (Phi) is 6.71. The fraction of sp³-hybridized carbons (Fsp3) is 0.100. The van der Waals surface area contributed by atoms with Crippen LogP contribution in [0.3, 0.4) is 0 Å². The molecule has 0 aliphatic heterocycles. The predicted molar refractivity (Wildman–Crippen MR) is 106 cm³/mol. The zero-order valence-corrected chi connectivity index (χ0v) is 16.4. The maximum Gasteiger partial charge on any atom is 0.416 e. The molecule has 2 aromatic carbocycles. The summed E-state index contributed by atoms with van der Waals surface area (Å²) in [6.07, 6.45) is 0.350. The van der Waals surface area contributed by atoms with E-state index in [1.807, 2.05) is 0 Å². The molecule has 0 unspecified atom stereocenters. The van der Waals surface area contributed by atoms with E-state index in [4.69, 9.17) is 16.3 Å². The van der Waals surface area contributed by atoms with Gasteiger partial charge in [0.2, 0.25) is 0 Å². The lowest BCUT2D eigenvalue weighted by Gasteiger charge is -2.11. The van der Waals surface area contributed by atoms with Gasteiger partial charge in [-0.1, -0.05) is 23.7 Å². The van der Waals surface area contributed by atoms with Crippen molar-refractivity contribution in [3.05, 3.63) is 77.3 Å². The van der Waals surface area contributed by atoms with Crippen molar-refractivity contribution in [1.29, 1.82) is 0 Å². The molecule has 7 nitrogen and oxygen atoms in total. The molecule has 1 aromatic heterocycles. The molecular weight excluding hydrogens is 437 g/mol. The van der Waals surface area contributed by atoms with Gasteiger partial charge in [0, 0.05) is 11.1 Å². The summed E-state index contributed by atoms with van der Waals surface area (Å²) in [5, 5.41) is 6.89. The number of carbonyl (C=O) groups is 2. The second kappa shape index (κ2) is 9.43. The summed E-state index contributed by atoms with van der Waals surface area (Å²) in [6, 6.07) is 9.15. The van der Waals surface area contributed by atoms with E-state index in [-0.39, 0.29) is 5.56 Å². The van der Waals surface area contributed by atoms with Gasteiger partial charge in [-0.2, -0.15) is 18.3 Å². The van der Waals surface area contributed by atoms with Crippen LogP contribution in [0.1, 0.15) is 11.1 Å². The number of rotatable bonds is 6. The van der Waals surface area contributed by atoms with Crippen LogP contribution in [0.2, 0.25) is 5.02 Å². The number of carbonyl (C=O) groups excluding carboxylic acids is 2. The summed E-state index contributed by atoms with van der Waals surface area (Å²) in [7, 11) is 0. The van der Waals surface area contributed by atoms with Gasteiger partial charge in [-0.05, 0) is 42.0 Å². The van der Waals surface area contributed by atoms with Crippen LogP contribution in [-0.2, 0) is 20.5 Å². The highest BCUT2D eigenvalue weighted by Crippen LogP contribution is 2.29. The maximum absolute atomic E-state index is 12.7. The Morgan fingerprint density at radius 1 is 1.19 bits per heavy atom. The molecule has 11 heteroatoms. The third-order valence-corrected chi connectivity index (χ3v) is 4.10. The number of hydrogen-bond donors (Lipinski definition) is 1. The van der Waals surface area contributed by atoms with E-state index in [1.54, 1.807) is 12.1 Å². The lowest BCUT2D eigenvalue weighted by molar-refractivity contribution is -0.142. The summed E-state index contributed by atoms with van der Waals surface area (Å²) in [5.74, 6) is -1.54. The molecule has 0 bridgehead atoms. The number of benzene rings is 2. The molecular formula is C20H14ClF3N4O3. The molecule has 0 spiro atoms. The van der Waals surface area contributed by atoms with E-state index >= 15 is 0 Å². The molecule has 0 aliphatic carbocycles. The average Bonchev–Trinajstić information content (AvgIpc) is 3.25. The Balaban J connectivity index is 1.59. The first-order valence-electron chi connectivity index (χ1n) is 8.69. The van der Waals surface area contributed by atoms with Crippen molar-refractivity contribution >= 4 is 35.2 Å². The highest BCUT2D eigenvalue weighted by Gasteiger charge is 2.30. The lowest BCUT2D eigenvalue weighted by atomic mass is 10.1. The Bertz CT molecular complexity index is 1120. The minimum Gasteiger partial charge on any atom is -0.452 e. The zero-order valence-electron chi connectivity index (χ0n) is 15.6. The molecule has 3 aromatic rings. The van der Waals surface area contributed by atoms with E-state index < -0.39 is 30.2 Å². The van der Waals surface area contributed by atoms with Crippen LogP contribution in [0.25, 0.3) is 11.8 Å². The van der Waals surface area contributed by atoms with Gasteiger partial charge in [0.25, 0.3) is 5.91 Å². The van der Waals surface area contributed by atoms with Crippen LogP contribution >= 0.6 is 11.6 Å². The van der Waals surface area contributed by atoms with E-state index in [9.17, 15) is 22.8 Å². The van der Waals surface area contributed by atoms with Crippen LogP contribution in [0, 0.1) is 0 Å². The highest BCUT2D eigenvalue weighted by molar-refractivity contribution is 6.31. The fourth-order valence-electron chi connectivity index (χ4n) is 2.49. The molecule has 1 amide bonds. The third kappa shape index (κ3) is 6.16. The van der Waals surface area contributed by atoms with Crippen molar-refractivity contribution in [2.75, 3.05) is 11.9 Å². The van der Waals surface area contributed by atoms with Crippen LogP contribution in [0.5, 0.6) is 0 Å². The topological polar surface area (TPSA) is 86.1 Å². The van der Waals surface area contributed by atoms with Gasteiger partial charge in [-0.25, -0.2) is 14.5 Å². The number of amides is 1. The van der Waals surface area contributed by atoms with Crippen molar-refractivity contribution in [2.24, 2.45) is 0 Å². The number of aromatic nitrogens is 3. The second-order valence-electron chi connectivity index (χ2n) is 6.11. The predicted octanol–water partition coefficient (Wildman–Crippen LogP) is 4.13. The molecule has 160 valence electrons. The molecule has 1 heterocycles. The standard InChI is InChI=1S/C20H14ClF3N4O3/c21-15-5-6-17(28-12-25-11-26-28)16(9-15)27-18(29)10-31-19(30)7-4-13-2-1-3-14(8-13)20(22,23)24/h1-9,11-12H,10H2,(H,27,29)/b7-4+. The molecule has 0 atom stereocenters. The molecule has 0 saturated carbocycles. The van der Waals surface area contributed by atoms with Gasteiger partial charge >= 0.3 is 12.1 Å². The smallest absolute Gasteiger partial charge is 0.416 e. The van der Waals surface area contributed by atoms with Crippen molar-refractivity contribution < 1.29 is 27.5 Å². The van der Waals surface area contributed by atoms with E-state index in [0.717, 1.165) is 24.3 Å². The number of hydrogen-bond acceptors (Lipinski definition) is 5. The summed E-state index contributed by atoms with van der Waals surface area (Å²) >= 11 is 5.97. The zero-order chi connectivity index (χ0) is 22.4. The van der Waals surface area contributed by atoms with E-state index in [0.29, 0.717) is 16.4 Å². The van der Waals surface area contributed by atoms with Gasteiger partial charge in [0.05, 0.1) is 16.9 Å². The number of esters is 1. The van der Waals surface area contributed by atoms with Crippen molar-refractivity contribution in [2.45, 2.75) is 6.18 Å². The van der Waals surface area contributed by atoms with Crippen molar-refractivity contribution in [3.63, 3.8) is 0 Å². The Hall–Kier alpha value is -3.66. The minimum absolute atomic E-state index is 0.160. The SMILES string of the molecule is O=C(COC(=O)/C=C/c1cccc(C(F)(F)F)c1)Nc1cc(Cl)ccc1-n1cncn1. The number of nitrogens with one attached hydrogen (secondary N) is 1. The van der Waals surface area contributed by atoms with Gasteiger partial charge < -0.3 is 10.1 Å². The summed E-state index contributed by atoms with van der Waals surface area (Å²) in [4.78, 5) is 27.8. The average molecular weight is 451 g/mol. The number of alkyl halides is 3. The normalized spacial score (nSPS) is 11.5. The molecule has 3 rings (SSSR count). The van der Waals surface area contributed by atoms with Gasteiger partial charge in [0.15, 0.2) is 6.61 Å². The van der Waals surface area contributed by atoms with Gasteiger partial charge in [0.1, 0.15) is 12.7 Å². The Morgan fingerprint density at radius 3 is 2.71 bits per heavy atom. The first-order valence-corrected chi connectivity index (χ1v) is 9.06. The molecule has 0 saturated heterocycles. The van der Waals surface area contributed by atoms with Crippen LogP contribution in [0.4, 0.5) is 18.9 Å². The molecule has 0 fully saturated rings. The summed E-state index contributed by atoms with van der Waals surface area (Å²) in [6.45, 7) is -0.616. The van der Waals surface area contributed by atoms with Gasteiger partial charge in [-0.3, -0.25) is 4.79 Å².